The number of rotatable bonds is 6. The summed E-state index contributed by atoms with van der Waals surface area (Å²) in [6.45, 7) is 4.44. The first-order valence-corrected chi connectivity index (χ1v) is 8.09. The summed E-state index contributed by atoms with van der Waals surface area (Å²) in [5.41, 5.74) is 3.47. The molecule has 3 aromatic heterocycles. The van der Waals surface area contributed by atoms with Crippen LogP contribution in [0.2, 0.25) is 0 Å². The van der Waals surface area contributed by atoms with Crippen LogP contribution in [0.25, 0.3) is 0 Å². The number of aromatic amines is 1. The molecule has 8 heteroatoms. The summed E-state index contributed by atoms with van der Waals surface area (Å²) in [4.78, 5) is 16.3. The van der Waals surface area contributed by atoms with Gasteiger partial charge in [0, 0.05) is 30.6 Å². The van der Waals surface area contributed by atoms with E-state index in [-0.39, 0.29) is 12.1 Å². The van der Waals surface area contributed by atoms with Crippen molar-refractivity contribution in [2.45, 2.75) is 32.9 Å². The van der Waals surface area contributed by atoms with Crippen LogP contribution in [-0.4, -0.2) is 37.0 Å². The minimum absolute atomic E-state index is 0.0359. The second-order valence-corrected chi connectivity index (χ2v) is 5.99. The molecule has 0 aliphatic heterocycles. The van der Waals surface area contributed by atoms with E-state index in [4.69, 9.17) is 0 Å². The van der Waals surface area contributed by atoms with E-state index in [1.807, 2.05) is 38.1 Å². The van der Waals surface area contributed by atoms with Gasteiger partial charge in [-0.15, -0.1) is 0 Å². The fourth-order valence-corrected chi connectivity index (χ4v) is 2.51. The molecule has 2 amide bonds. The SMILES string of the molecule is Cc1cc(CC(C)NC(=O)Nc2cnn(Cc3ccccn3)c2)n[nH]1. The van der Waals surface area contributed by atoms with Gasteiger partial charge in [0.25, 0.3) is 0 Å². The van der Waals surface area contributed by atoms with E-state index in [1.54, 1.807) is 23.3 Å². The Kier molecular flexibility index (Phi) is 5.08. The number of nitrogens with zero attached hydrogens (tertiary/aromatic N) is 4. The quantitative estimate of drug-likeness (QED) is 0.640. The molecule has 0 aliphatic rings. The zero-order valence-corrected chi connectivity index (χ0v) is 14.2. The van der Waals surface area contributed by atoms with Crippen molar-refractivity contribution in [3.8, 4) is 0 Å². The summed E-state index contributed by atoms with van der Waals surface area (Å²) < 4.78 is 1.73. The largest absolute Gasteiger partial charge is 0.335 e. The second-order valence-electron chi connectivity index (χ2n) is 5.99. The van der Waals surface area contributed by atoms with Crippen molar-refractivity contribution in [1.29, 1.82) is 0 Å². The maximum Gasteiger partial charge on any atom is 0.319 e. The molecule has 0 aromatic carbocycles. The van der Waals surface area contributed by atoms with E-state index in [1.165, 1.54) is 0 Å². The van der Waals surface area contributed by atoms with Crippen molar-refractivity contribution in [2.75, 3.05) is 5.32 Å². The van der Waals surface area contributed by atoms with Gasteiger partial charge >= 0.3 is 6.03 Å². The number of anilines is 1. The van der Waals surface area contributed by atoms with Crippen molar-refractivity contribution in [1.82, 2.24) is 30.3 Å². The lowest BCUT2D eigenvalue weighted by Gasteiger charge is -2.12. The summed E-state index contributed by atoms with van der Waals surface area (Å²) in [6, 6.07) is 7.40. The lowest BCUT2D eigenvalue weighted by atomic mass is 10.2. The number of amides is 2. The van der Waals surface area contributed by atoms with Crippen molar-refractivity contribution in [2.24, 2.45) is 0 Å². The molecule has 0 aliphatic carbocycles. The summed E-state index contributed by atoms with van der Waals surface area (Å²) >= 11 is 0. The van der Waals surface area contributed by atoms with E-state index in [9.17, 15) is 4.79 Å². The van der Waals surface area contributed by atoms with E-state index in [2.05, 4.69) is 30.9 Å². The van der Waals surface area contributed by atoms with Crippen molar-refractivity contribution < 1.29 is 4.79 Å². The van der Waals surface area contributed by atoms with Crippen LogP contribution in [0.1, 0.15) is 24.0 Å². The highest BCUT2D eigenvalue weighted by Gasteiger charge is 2.11. The predicted molar refractivity (Wildman–Crippen MR) is 94.2 cm³/mol. The lowest BCUT2D eigenvalue weighted by molar-refractivity contribution is 0.249. The van der Waals surface area contributed by atoms with Gasteiger partial charge < -0.3 is 10.6 Å². The van der Waals surface area contributed by atoms with Gasteiger partial charge in [0.15, 0.2) is 0 Å². The first kappa shape index (κ1) is 16.7. The van der Waals surface area contributed by atoms with Crippen LogP contribution in [0, 0.1) is 6.92 Å². The van der Waals surface area contributed by atoms with Gasteiger partial charge in [-0.25, -0.2) is 4.79 Å². The van der Waals surface area contributed by atoms with Gasteiger partial charge in [-0.3, -0.25) is 14.8 Å². The maximum absolute atomic E-state index is 12.1. The Labute approximate surface area is 145 Å². The number of carbonyl (C=O) groups is 1. The monoisotopic (exact) mass is 339 g/mol. The lowest BCUT2D eigenvalue weighted by Crippen LogP contribution is -2.37. The van der Waals surface area contributed by atoms with Gasteiger partial charge in [0.05, 0.1) is 29.8 Å². The topological polar surface area (TPSA) is 101 Å². The Morgan fingerprint density at radius 1 is 1.36 bits per heavy atom. The van der Waals surface area contributed by atoms with Crippen LogP contribution < -0.4 is 10.6 Å². The minimum Gasteiger partial charge on any atom is -0.335 e. The average molecular weight is 339 g/mol. The summed E-state index contributed by atoms with van der Waals surface area (Å²) in [6.07, 6.45) is 5.80. The number of H-pyrrole nitrogens is 1. The summed E-state index contributed by atoms with van der Waals surface area (Å²) in [7, 11) is 0. The predicted octanol–water partition coefficient (Wildman–Crippen LogP) is 2.11. The molecule has 0 saturated carbocycles. The molecule has 0 saturated heterocycles. The Balaban J connectivity index is 1.49. The summed E-state index contributed by atoms with van der Waals surface area (Å²) in [5, 5.41) is 17.0. The number of carbonyl (C=O) groups excluding carboxylic acids is 1. The van der Waals surface area contributed by atoms with Crippen molar-refractivity contribution in [3.63, 3.8) is 0 Å². The number of aromatic nitrogens is 5. The highest BCUT2D eigenvalue weighted by molar-refractivity contribution is 5.89. The molecule has 8 nitrogen and oxygen atoms in total. The third-order valence-electron chi connectivity index (χ3n) is 3.59. The molecule has 1 atom stereocenters. The van der Waals surface area contributed by atoms with Crippen molar-refractivity contribution >= 4 is 11.7 Å². The molecular weight excluding hydrogens is 318 g/mol. The number of hydrogen-bond donors (Lipinski definition) is 3. The molecule has 1 unspecified atom stereocenters. The van der Waals surface area contributed by atoms with Crippen molar-refractivity contribution in [3.05, 3.63) is 59.9 Å². The van der Waals surface area contributed by atoms with Gasteiger partial charge in [-0.1, -0.05) is 6.07 Å². The molecule has 0 spiro atoms. The second kappa shape index (κ2) is 7.61. The molecule has 130 valence electrons. The van der Waals surface area contributed by atoms with Crippen LogP contribution in [0.15, 0.2) is 42.9 Å². The number of aryl methyl sites for hydroxylation is 1. The molecule has 0 fully saturated rings. The Morgan fingerprint density at radius 2 is 2.24 bits per heavy atom. The van der Waals surface area contributed by atoms with Crippen LogP contribution in [-0.2, 0) is 13.0 Å². The first-order valence-electron chi connectivity index (χ1n) is 8.09. The smallest absolute Gasteiger partial charge is 0.319 e. The average Bonchev–Trinajstić information content (AvgIpc) is 3.17. The molecule has 0 radical (unpaired) electrons. The Morgan fingerprint density at radius 3 is 2.96 bits per heavy atom. The molecule has 25 heavy (non-hydrogen) atoms. The Hall–Kier alpha value is -3.16. The fourth-order valence-electron chi connectivity index (χ4n) is 2.51. The zero-order chi connectivity index (χ0) is 17.6. The molecule has 3 heterocycles. The highest BCUT2D eigenvalue weighted by atomic mass is 16.2. The van der Waals surface area contributed by atoms with Gasteiger partial charge in [0.2, 0.25) is 0 Å². The van der Waals surface area contributed by atoms with E-state index in [0.717, 1.165) is 17.1 Å². The minimum atomic E-state index is -0.267. The number of urea groups is 1. The molecule has 3 rings (SSSR count). The van der Waals surface area contributed by atoms with Crippen LogP contribution in [0.3, 0.4) is 0 Å². The molecular formula is C17H21N7O. The van der Waals surface area contributed by atoms with Gasteiger partial charge in [0.1, 0.15) is 0 Å². The van der Waals surface area contributed by atoms with Gasteiger partial charge in [-0.2, -0.15) is 10.2 Å². The number of pyridine rings is 1. The Bertz CT molecular complexity index is 824. The van der Waals surface area contributed by atoms with Crippen LogP contribution in [0.5, 0.6) is 0 Å². The third-order valence-corrected chi connectivity index (χ3v) is 3.59. The highest BCUT2D eigenvalue weighted by Crippen LogP contribution is 2.07. The van der Waals surface area contributed by atoms with Crippen LogP contribution >= 0.6 is 0 Å². The summed E-state index contributed by atoms with van der Waals surface area (Å²) in [5.74, 6) is 0. The number of nitrogens with one attached hydrogen (secondary N) is 3. The number of hydrogen-bond acceptors (Lipinski definition) is 4. The molecule has 3 N–H and O–H groups in total. The maximum atomic E-state index is 12.1. The van der Waals surface area contributed by atoms with E-state index in [0.29, 0.717) is 18.7 Å². The zero-order valence-electron chi connectivity index (χ0n) is 14.2. The normalized spacial score (nSPS) is 11.9. The van der Waals surface area contributed by atoms with Crippen LogP contribution in [0.4, 0.5) is 10.5 Å². The molecule has 3 aromatic rings. The standard InChI is InChI=1S/C17H21N7O/c1-12(7-15-8-13(2)22-23-15)20-17(25)21-16-9-19-24(11-16)10-14-5-3-4-6-18-14/h3-6,8-9,11-12H,7,10H2,1-2H3,(H,22,23)(H2,20,21,25). The third kappa shape index (κ3) is 4.90. The fraction of sp³-hybridized carbons (Fsp3) is 0.294. The van der Waals surface area contributed by atoms with E-state index >= 15 is 0 Å². The van der Waals surface area contributed by atoms with E-state index < -0.39 is 0 Å². The van der Waals surface area contributed by atoms with Gasteiger partial charge in [-0.05, 0) is 32.0 Å². The molecule has 0 bridgehead atoms. The first-order chi connectivity index (χ1) is 12.1.